The maximum absolute atomic E-state index is 11.4. The van der Waals surface area contributed by atoms with E-state index in [2.05, 4.69) is 0 Å². The van der Waals surface area contributed by atoms with Gasteiger partial charge in [-0.15, -0.1) is 0 Å². The van der Waals surface area contributed by atoms with Crippen molar-refractivity contribution >= 4 is 17.3 Å². The molecule has 0 aliphatic heterocycles. The van der Waals surface area contributed by atoms with Crippen molar-refractivity contribution in [3.8, 4) is 0 Å². The molecular weight excluding hydrogens is 260 g/mol. The van der Waals surface area contributed by atoms with Crippen LogP contribution in [0.5, 0.6) is 0 Å². The molecule has 0 radical (unpaired) electrons. The van der Waals surface area contributed by atoms with Gasteiger partial charge in [0.1, 0.15) is 5.69 Å². The molecule has 0 aliphatic rings. The summed E-state index contributed by atoms with van der Waals surface area (Å²) < 4.78 is 0. The van der Waals surface area contributed by atoms with E-state index in [1.807, 2.05) is 24.2 Å². The van der Waals surface area contributed by atoms with E-state index in [1.54, 1.807) is 12.1 Å². The van der Waals surface area contributed by atoms with Crippen molar-refractivity contribution in [1.29, 1.82) is 0 Å². The lowest BCUT2D eigenvalue weighted by Gasteiger charge is -2.23. The lowest BCUT2D eigenvalue weighted by atomic mass is 10.1. The number of nitro groups is 1. The minimum atomic E-state index is -0.544. The number of hydrogen-bond donors (Lipinski definition) is 2. The second kappa shape index (κ2) is 7.44. The van der Waals surface area contributed by atoms with E-state index in [1.165, 1.54) is 6.07 Å². The Labute approximate surface area is 117 Å². The molecule has 3 N–H and O–H groups in total. The van der Waals surface area contributed by atoms with Crippen LogP contribution >= 0.6 is 0 Å². The van der Waals surface area contributed by atoms with E-state index in [-0.39, 0.29) is 11.3 Å². The molecule has 0 atom stereocenters. The smallest absolute Gasteiger partial charge is 0.293 e. The monoisotopic (exact) mass is 280 g/mol. The zero-order valence-corrected chi connectivity index (χ0v) is 11.8. The van der Waals surface area contributed by atoms with Crippen molar-refractivity contribution in [3.05, 3.63) is 33.9 Å². The largest absolute Gasteiger partial charge is 0.366 e. The Bertz CT molecular complexity index is 485. The van der Waals surface area contributed by atoms with Crippen LogP contribution in [0.2, 0.25) is 0 Å². The number of hydrogen-bond acceptors (Lipinski definition) is 5. The molecule has 0 spiro atoms. The predicted molar refractivity (Wildman–Crippen MR) is 77.5 cm³/mol. The SMILES string of the molecule is CCCN(CCC)c1ccc(C(=O)NN)cc1[N+](=O)[O-]. The summed E-state index contributed by atoms with van der Waals surface area (Å²) in [5, 5.41) is 11.2. The van der Waals surface area contributed by atoms with Gasteiger partial charge in [-0.1, -0.05) is 13.8 Å². The van der Waals surface area contributed by atoms with E-state index in [4.69, 9.17) is 5.84 Å². The molecule has 0 fully saturated rings. The number of nitrogens with one attached hydrogen (secondary N) is 1. The van der Waals surface area contributed by atoms with Crippen molar-refractivity contribution in [1.82, 2.24) is 5.43 Å². The Morgan fingerprint density at radius 2 is 1.95 bits per heavy atom. The highest BCUT2D eigenvalue weighted by atomic mass is 16.6. The normalized spacial score (nSPS) is 10.2. The Kier molecular flexibility index (Phi) is 5.92. The van der Waals surface area contributed by atoms with Crippen LogP contribution in [0.4, 0.5) is 11.4 Å². The summed E-state index contributed by atoms with van der Waals surface area (Å²) in [7, 11) is 0. The number of nitrogens with two attached hydrogens (primary N) is 1. The van der Waals surface area contributed by atoms with Gasteiger partial charge in [0.2, 0.25) is 0 Å². The highest BCUT2D eigenvalue weighted by Gasteiger charge is 2.21. The standard InChI is InChI=1S/C13H20N4O3/c1-3-7-16(8-4-2)11-6-5-10(13(18)15-14)9-12(11)17(19)20/h5-6,9H,3-4,7-8,14H2,1-2H3,(H,15,18). The molecule has 0 heterocycles. The second-order valence-corrected chi connectivity index (χ2v) is 4.42. The molecule has 7 nitrogen and oxygen atoms in total. The third-order valence-electron chi connectivity index (χ3n) is 2.89. The van der Waals surface area contributed by atoms with Gasteiger partial charge in [0.25, 0.3) is 11.6 Å². The zero-order valence-electron chi connectivity index (χ0n) is 11.8. The van der Waals surface area contributed by atoms with Crippen LogP contribution in [0.3, 0.4) is 0 Å². The van der Waals surface area contributed by atoms with Crippen LogP contribution in [0.1, 0.15) is 37.0 Å². The molecule has 110 valence electrons. The van der Waals surface area contributed by atoms with Crippen LogP contribution < -0.4 is 16.2 Å². The Balaban J connectivity index is 3.24. The number of anilines is 1. The van der Waals surface area contributed by atoms with Crippen LogP contribution in [-0.4, -0.2) is 23.9 Å². The lowest BCUT2D eigenvalue weighted by molar-refractivity contribution is -0.384. The van der Waals surface area contributed by atoms with E-state index in [9.17, 15) is 14.9 Å². The molecule has 0 bridgehead atoms. The number of carbonyl (C=O) groups excluding carboxylic acids is 1. The predicted octanol–water partition coefficient (Wildman–Crippen LogP) is 1.82. The first-order valence-corrected chi connectivity index (χ1v) is 6.59. The Morgan fingerprint density at radius 3 is 2.40 bits per heavy atom. The van der Waals surface area contributed by atoms with E-state index < -0.39 is 10.8 Å². The first-order chi connectivity index (χ1) is 9.54. The highest BCUT2D eigenvalue weighted by molar-refractivity contribution is 5.95. The minimum absolute atomic E-state index is 0.0759. The molecule has 0 unspecified atom stereocenters. The number of rotatable bonds is 7. The number of amides is 1. The molecule has 1 aromatic rings. The van der Waals surface area contributed by atoms with Gasteiger partial charge in [0.05, 0.1) is 4.92 Å². The maximum atomic E-state index is 11.4. The third-order valence-corrected chi connectivity index (χ3v) is 2.89. The average Bonchev–Trinajstić information content (AvgIpc) is 2.45. The van der Waals surface area contributed by atoms with Crippen LogP contribution in [0.15, 0.2) is 18.2 Å². The molecule has 0 aliphatic carbocycles. The fourth-order valence-corrected chi connectivity index (χ4v) is 2.05. The number of nitro benzene ring substituents is 1. The first-order valence-electron chi connectivity index (χ1n) is 6.59. The fourth-order valence-electron chi connectivity index (χ4n) is 2.05. The quantitative estimate of drug-likeness (QED) is 0.343. The van der Waals surface area contributed by atoms with Gasteiger partial charge in [0.15, 0.2) is 0 Å². The molecule has 0 saturated heterocycles. The minimum Gasteiger partial charge on any atom is -0.366 e. The van der Waals surface area contributed by atoms with Gasteiger partial charge in [-0.3, -0.25) is 20.3 Å². The fraction of sp³-hybridized carbons (Fsp3) is 0.462. The van der Waals surface area contributed by atoms with Gasteiger partial charge in [-0.25, -0.2) is 5.84 Å². The van der Waals surface area contributed by atoms with Gasteiger partial charge >= 0.3 is 0 Å². The van der Waals surface area contributed by atoms with Gasteiger partial charge < -0.3 is 4.90 Å². The maximum Gasteiger partial charge on any atom is 0.293 e. The molecule has 0 saturated carbocycles. The van der Waals surface area contributed by atoms with Crippen molar-refractivity contribution in [2.75, 3.05) is 18.0 Å². The summed E-state index contributed by atoms with van der Waals surface area (Å²) >= 11 is 0. The number of hydrazine groups is 1. The highest BCUT2D eigenvalue weighted by Crippen LogP contribution is 2.29. The molecule has 1 rings (SSSR count). The van der Waals surface area contributed by atoms with E-state index in [0.717, 1.165) is 25.9 Å². The van der Waals surface area contributed by atoms with Crippen molar-refractivity contribution in [3.63, 3.8) is 0 Å². The van der Waals surface area contributed by atoms with Crippen LogP contribution in [0, 0.1) is 10.1 Å². The Hall–Kier alpha value is -2.15. The average molecular weight is 280 g/mol. The Morgan fingerprint density at radius 1 is 1.35 bits per heavy atom. The molecule has 0 aromatic heterocycles. The van der Waals surface area contributed by atoms with Gasteiger partial charge in [-0.05, 0) is 25.0 Å². The van der Waals surface area contributed by atoms with Crippen molar-refractivity contribution in [2.45, 2.75) is 26.7 Å². The molecule has 1 amide bonds. The number of benzene rings is 1. The summed E-state index contributed by atoms with van der Waals surface area (Å²) in [6.45, 7) is 5.50. The third kappa shape index (κ3) is 3.67. The van der Waals surface area contributed by atoms with Crippen molar-refractivity contribution in [2.24, 2.45) is 5.84 Å². The number of nitrogen functional groups attached to an aromatic ring is 1. The molecule has 1 aromatic carbocycles. The summed E-state index contributed by atoms with van der Waals surface area (Å²) in [5.74, 6) is 4.50. The molecule has 7 heteroatoms. The van der Waals surface area contributed by atoms with Gasteiger partial charge in [-0.2, -0.15) is 0 Å². The summed E-state index contributed by atoms with van der Waals surface area (Å²) in [6.07, 6.45) is 1.78. The summed E-state index contributed by atoms with van der Waals surface area (Å²) in [6, 6.07) is 4.41. The van der Waals surface area contributed by atoms with E-state index in [0.29, 0.717) is 5.69 Å². The topological polar surface area (TPSA) is 102 Å². The molecule has 20 heavy (non-hydrogen) atoms. The van der Waals surface area contributed by atoms with Crippen LogP contribution in [-0.2, 0) is 0 Å². The van der Waals surface area contributed by atoms with Crippen LogP contribution in [0.25, 0.3) is 0 Å². The lowest BCUT2D eigenvalue weighted by Crippen LogP contribution is -2.30. The molecular formula is C13H20N4O3. The number of nitrogens with zero attached hydrogens (tertiary/aromatic N) is 2. The second-order valence-electron chi connectivity index (χ2n) is 4.42. The zero-order chi connectivity index (χ0) is 15.1. The van der Waals surface area contributed by atoms with Gasteiger partial charge in [0, 0.05) is 24.7 Å². The summed E-state index contributed by atoms with van der Waals surface area (Å²) in [4.78, 5) is 24.2. The van der Waals surface area contributed by atoms with Crippen molar-refractivity contribution < 1.29 is 9.72 Å². The van der Waals surface area contributed by atoms with E-state index >= 15 is 0 Å². The summed E-state index contributed by atoms with van der Waals surface area (Å²) in [5.41, 5.74) is 2.61. The first kappa shape index (κ1) is 15.9. The number of carbonyl (C=O) groups is 1.